The van der Waals surface area contributed by atoms with E-state index in [1.54, 1.807) is 12.1 Å². The summed E-state index contributed by atoms with van der Waals surface area (Å²) in [4.78, 5) is 4.47. The molecule has 1 aromatic rings. The van der Waals surface area contributed by atoms with Crippen LogP contribution in [0.15, 0.2) is 23.2 Å². The average Bonchev–Trinajstić information content (AvgIpc) is 2.70. The molecular weight excluding hydrogens is 418 g/mol. The van der Waals surface area contributed by atoms with Gasteiger partial charge in [0.05, 0.1) is 19.9 Å². The van der Waals surface area contributed by atoms with Crippen LogP contribution in [-0.4, -0.2) is 64.8 Å². The highest BCUT2D eigenvalue weighted by atomic mass is 32.2. The molecule has 1 heterocycles. The molecule has 2 N–H and O–H groups in total. The lowest BCUT2D eigenvalue weighted by molar-refractivity contribution is -0.0504. The second kappa shape index (κ2) is 11.3. The minimum absolute atomic E-state index is 0.0542. The molecule has 1 saturated heterocycles. The number of ether oxygens (including phenoxy) is 2. The summed E-state index contributed by atoms with van der Waals surface area (Å²) < 4.78 is 59.8. The number of hydrogen-bond donors (Lipinski definition) is 2. The van der Waals surface area contributed by atoms with Gasteiger partial charge in [-0.25, -0.2) is 17.7 Å². The van der Waals surface area contributed by atoms with Gasteiger partial charge in [-0.2, -0.15) is 8.78 Å². The van der Waals surface area contributed by atoms with Gasteiger partial charge in [-0.15, -0.1) is 0 Å². The van der Waals surface area contributed by atoms with Crippen molar-refractivity contribution in [2.75, 3.05) is 39.5 Å². The molecule has 11 heteroatoms. The number of alkyl halides is 2. The van der Waals surface area contributed by atoms with Gasteiger partial charge in [0.2, 0.25) is 10.0 Å². The van der Waals surface area contributed by atoms with Gasteiger partial charge in [-0.1, -0.05) is 0 Å². The number of nitrogens with zero attached hydrogens (tertiary/aromatic N) is 2. The maximum absolute atomic E-state index is 12.7. The first-order chi connectivity index (χ1) is 14.2. The average molecular weight is 449 g/mol. The van der Waals surface area contributed by atoms with Crippen LogP contribution in [0, 0.1) is 5.92 Å². The Bertz CT molecular complexity index is 813. The third kappa shape index (κ3) is 7.60. The monoisotopic (exact) mass is 448 g/mol. The van der Waals surface area contributed by atoms with Crippen LogP contribution < -0.4 is 20.1 Å². The summed E-state index contributed by atoms with van der Waals surface area (Å²) in [5.74, 6) is 1.45. The van der Waals surface area contributed by atoms with E-state index >= 15 is 0 Å². The van der Waals surface area contributed by atoms with Gasteiger partial charge >= 0.3 is 6.61 Å². The zero-order chi connectivity index (χ0) is 22.1. The number of piperidine rings is 1. The molecule has 1 aromatic carbocycles. The smallest absolute Gasteiger partial charge is 0.387 e. The number of guanidine groups is 1. The topological polar surface area (TPSA) is 92.3 Å². The largest absolute Gasteiger partial charge is 0.497 e. The lowest BCUT2D eigenvalue weighted by Crippen LogP contribution is -2.44. The highest BCUT2D eigenvalue weighted by Gasteiger charge is 2.24. The molecule has 170 valence electrons. The number of hydrogen-bond acceptors (Lipinski definition) is 5. The minimum atomic E-state index is -3.15. The van der Waals surface area contributed by atoms with Crippen LogP contribution >= 0.6 is 0 Å². The van der Waals surface area contributed by atoms with Gasteiger partial charge in [-0.3, -0.25) is 0 Å². The molecule has 1 aliphatic heterocycles. The van der Waals surface area contributed by atoms with Crippen molar-refractivity contribution < 1.29 is 26.7 Å². The highest BCUT2D eigenvalue weighted by molar-refractivity contribution is 7.88. The van der Waals surface area contributed by atoms with E-state index < -0.39 is 16.6 Å². The van der Waals surface area contributed by atoms with E-state index in [1.165, 1.54) is 23.7 Å². The summed E-state index contributed by atoms with van der Waals surface area (Å²) in [6.07, 6.45) is 2.76. The van der Waals surface area contributed by atoms with E-state index in [9.17, 15) is 17.2 Å². The zero-order valence-corrected chi connectivity index (χ0v) is 18.3. The molecule has 0 atom stereocenters. The van der Waals surface area contributed by atoms with E-state index in [0.717, 1.165) is 12.8 Å². The van der Waals surface area contributed by atoms with Gasteiger partial charge in [0.15, 0.2) is 5.96 Å². The van der Waals surface area contributed by atoms with Crippen LogP contribution in [0.1, 0.15) is 25.3 Å². The fraction of sp³-hybridized carbons (Fsp3) is 0.632. The first-order valence-electron chi connectivity index (χ1n) is 9.82. The number of methoxy groups -OCH3 is 1. The van der Waals surface area contributed by atoms with E-state index in [1.807, 2.05) is 6.92 Å². The number of sulfonamides is 1. The molecule has 30 heavy (non-hydrogen) atoms. The molecule has 0 saturated carbocycles. The molecule has 0 bridgehead atoms. The predicted octanol–water partition coefficient (Wildman–Crippen LogP) is 2.02. The fourth-order valence-electron chi connectivity index (χ4n) is 3.21. The molecule has 0 unspecified atom stereocenters. The van der Waals surface area contributed by atoms with Crippen LogP contribution in [0.3, 0.4) is 0 Å². The molecule has 0 spiro atoms. The Morgan fingerprint density at radius 1 is 1.30 bits per heavy atom. The third-order valence-corrected chi connectivity index (χ3v) is 6.14. The summed E-state index contributed by atoms with van der Waals surface area (Å²) in [5, 5.41) is 6.38. The van der Waals surface area contributed by atoms with Gasteiger partial charge in [-0.05, 0) is 43.9 Å². The van der Waals surface area contributed by atoms with Crippen LogP contribution in [-0.2, 0) is 16.6 Å². The maximum atomic E-state index is 12.7. The Morgan fingerprint density at radius 3 is 2.57 bits per heavy atom. The van der Waals surface area contributed by atoms with Gasteiger partial charge in [0.25, 0.3) is 0 Å². The Kier molecular flexibility index (Phi) is 9.09. The SMILES string of the molecule is CCNC(=NCc1cc(OC)ccc1OC(F)F)NCC1CCN(S(C)(=O)=O)CC1. The van der Waals surface area contributed by atoms with Crippen molar-refractivity contribution >= 4 is 16.0 Å². The second-order valence-electron chi connectivity index (χ2n) is 7.03. The highest BCUT2D eigenvalue weighted by Crippen LogP contribution is 2.26. The van der Waals surface area contributed by atoms with Gasteiger partial charge < -0.3 is 20.1 Å². The molecule has 1 aliphatic rings. The third-order valence-electron chi connectivity index (χ3n) is 4.84. The zero-order valence-electron chi connectivity index (χ0n) is 17.5. The maximum Gasteiger partial charge on any atom is 0.387 e. The van der Waals surface area contributed by atoms with Crippen LogP contribution in [0.4, 0.5) is 8.78 Å². The number of rotatable bonds is 9. The van der Waals surface area contributed by atoms with Crippen molar-refractivity contribution in [3.8, 4) is 11.5 Å². The molecular formula is C19H30F2N4O4S. The normalized spacial score (nSPS) is 16.5. The first-order valence-corrected chi connectivity index (χ1v) is 11.7. The first kappa shape index (κ1) is 24.1. The summed E-state index contributed by atoms with van der Waals surface area (Å²) in [6, 6.07) is 4.61. The predicted molar refractivity (Wildman–Crippen MR) is 112 cm³/mol. The molecule has 0 amide bonds. The van der Waals surface area contributed by atoms with Crippen LogP contribution in [0.5, 0.6) is 11.5 Å². The Morgan fingerprint density at radius 2 is 2.00 bits per heavy atom. The van der Waals surface area contributed by atoms with E-state index in [-0.39, 0.29) is 12.3 Å². The number of aliphatic imine (C=N–C) groups is 1. The van der Waals surface area contributed by atoms with Crippen molar-refractivity contribution in [3.05, 3.63) is 23.8 Å². The summed E-state index contributed by atoms with van der Waals surface area (Å²) in [6.45, 7) is 1.43. The summed E-state index contributed by atoms with van der Waals surface area (Å²) in [5.41, 5.74) is 0.480. The lowest BCUT2D eigenvalue weighted by Gasteiger charge is -2.30. The van der Waals surface area contributed by atoms with Gasteiger partial charge in [0, 0.05) is 31.7 Å². The molecule has 0 radical (unpaired) electrons. The number of benzene rings is 1. The minimum Gasteiger partial charge on any atom is -0.497 e. The van der Waals surface area contributed by atoms with Crippen molar-refractivity contribution in [1.29, 1.82) is 0 Å². The molecule has 8 nitrogen and oxygen atoms in total. The molecule has 0 aliphatic carbocycles. The molecule has 2 rings (SSSR count). The summed E-state index contributed by atoms with van der Waals surface area (Å²) >= 11 is 0. The Balaban J connectivity index is 1.99. The standard InChI is InChI=1S/C19H30F2N4O4S/c1-4-22-19(23-12-14-7-9-25(10-8-14)30(3,26)27)24-13-15-11-16(28-2)5-6-17(15)29-18(20)21/h5-6,11,14,18H,4,7-10,12-13H2,1-3H3,(H2,22,23,24). The second-order valence-corrected chi connectivity index (χ2v) is 9.02. The quantitative estimate of drug-likeness (QED) is 0.444. The Labute approximate surface area is 176 Å². The van der Waals surface area contributed by atoms with E-state index in [0.29, 0.717) is 49.4 Å². The van der Waals surface area contributed by atoms with E-state index in [2.05, 4.69) is 20.4 Å². The molecule has 1 fully saturated rings. The van der Waals surface area contributed by atoms with Crippen LogP contribution in [0.25, 0.3) is 0 Å². The molecule has 0 aromatic heterocycles. The van der Waals surface area contributed by atoms with Crippen molar-refractivity contribution in [2.45, 2.75) is 32.9 Å². The number of nitrogens with one attached hydrogen (secondary N) is 2. The van der Waals surface area contributed by atoms with Crippen molar-refractivity contribution in [1.82, 2.24) is 14.9 Å². The summed E-state index contributed by atoms with van der Waals surface area (Å²) in [7, 11) is -1.65. The fourth-order valence-corrected chi connectivity index (χ4v) is 4.08. The number of halogens is 2. The van der Waals surface area contributed by atoms with Gasteiger partial charge in [0.1, 0.15) is 11.5 Å². The Hall–Kier alpha value is -2.14. The lowest BCUT2D eigenvalue weighted by atomic mass is 9.98. The van der Waals surface area contributed by atoms with Crippen molar-refractivity contribution in [3.63, 3.8) is 0 Å². The van der Waals surface area contributed by atoms with Crippen LogP contribution in [0.2, 0.25) is 0 Å². The van der Waals surface area contributed by atoms with E-state index in [4.69, 9.17) is 4.74 Å². The van der Waals surface area contributed by atoms with Crippen molar-refractivity contribution in [2.24, 2.45) is 10.9 Å².